The van der Waals surface area contributed by atoms with E-state index in [1.54, 1.807) is 44.2 Å². The molecule has 3 rings (SSSR count). The third-order valence-corrected chi connectivity index (χ3v) is 5.41. The third kappa shape index (κ3) is 6.09. The summed E-state index contributed by atoms with van der Waals surface area (Å²) in [5.74, 6) is -0.624. The number of hydrogen-bond acceptors (Lipinski definition) is 4. The maximum atomic E-state index is 12.5. The van der Waals surface area contributed by atoms with Crippen LogP contribution in [0.15, 0.2) is 59.4 Å². The topological polar surface area (TPSA) is 104 Å². The second-order valence-corrected chi connectivity index (χ2v) is 8.04. The van der Waals surface area contributed by atoms with Gasteiger partial charge in [-0.3, -0.25) is 14.4 Å². The average Bonchev–Trinajstić information content (AvgIpc) is 2.78. The van der Waals surface area contributed by atoms with Gasteiger partial charge in [0.15, 0.2) is 0 Å². The van der Waals surface area contributed by atoms with E-state index < -0.39 is 11.5 Å². The van der Waals surface area contributed by atoms with E-state index in [-0.39, 0.29) is 18.0 Å². The van der Waals surface area contributed by atoms with E-state index in [1.807, 2.05) is 30.3 Å². The standard InChI is InChI=1S/C25H23ClN4O3/c1-16-13-17(2)30(25(33)22(16)14-27)15-23(31)29-21-9-5-19(6-10-21)24(32)28-12-11-18-3-7-20(26)8-4-18/h3-10,13H,11-12,15H2,1-2H3,(H,28,32)(H,29,31). The van der Waals surface area contributed by atoms with E-state index in [4.69, 9.17) is 11.6 Å². The zero-order valence-corrected chi connectivity index (χ0v) is 19.1. The number of amides is 2. The number of anilines is 1. The Labute approximate surface area is 196 Å². The second kappa shape index (κ2) is 10.6. The molecule has 0 aliphatic carbocycles. The molecule has 0 radical (unpaired) electrons. The lowest BCUT2D eigenvalue weighted by Gasteiger charge is -2.12. The summed E-state index contributed by atoms with van der Waals surface area (Å²) in [5.41, 5.74) is 2.75. The number of carbonyl (C=O) groups excluding carboxylic acids is 2. The van der Waals surface area contributed by atoms with Crippen LogP contribution in [0.2, 0.25) is 5.02 Å². The Hall–Kier alpha value is -3.89. The van der Waals surface area contributed by atoms with Crippen molar-refractivity contribution in [3.63, 3.8) is 0 Å². The van der Waals surface area contributed by atoms with Crippen molar-refractivity contribution in [3.8, 4) is 6.07 Å². The van der Waals surface area contributed by atoms with Gasteiger partial charge in [0.1, 0.15) is 18.2 Å². The van der Waals surface area contributed by atoms with Crippen molar-refractivity contribution in [2.45, 2.75) is 26.8 Å². The number of nitrogens with one attached hydrogen (secondary N) is 2. The Kier molecular flexibility index (Phi) is 7.65. The van der Waals surface area contributed by atoms with Crippen LogP contribution in [0, 0.1) is 25.2 Å². The van der Waals surface area contributed by atoms with E-state index in [1.165, 1.54) is 4.57 Å². The number of pyridine rings is 1. The molecule has 0 unspecified atom stereocenters. The van der Waals surface area contributed by atoms with Crippen molar-refractivity contribution < 1.29 is 9.59 Å². The molecule has 1 heterocycles. The van der Waals surface area contributed by atoms with Crippen LogP contribution >= 0.6 is 11.6 Å². The van der Waals surface area contributed by atoms with Gasteiger partial charge in [-0.05, 0) is 73.9 Å². The van der Waals surface area contributed by atoms with Crippen molar-refractivity contribution in [2.75, 3.05) is 11.9 Å². The van der Waals surface area contributed by atoms with Crippen LogP contribution < -0.4 is 16.2 Å². The Morgan fingerprint density at radius 3 is 2.36 bits per heavy atom. The van der Waals surface area contributed by atoms with E-state index >= 15 is 0 Å². The van der Waals surface area contributed by atoms with Crippen molar-refractivity contribution in [1.29, 1.82) is 5.26 Å². The summed E-state index contributed by atoms with van der Waals surface area (Å²) in [4.78, 5) is 37.2. The molecule has 0 saturated carbocycles. The lowest BCUT2D eigenvalue weighted by atomic mass is 10.1. The summed E-state index contributed by atoms with van der Waals surface area (Å²) < 4.78 is 1.27. The highest BCUT2D eigenvalue weighted by Gasteiger charge is 2.13. The van der Waals surface area contributed by atoms with Crippen molar-refractivity contribution in [3.05, 3.63) is 97.9 Å². The summed E-state index contributed by atoms with van der Waals surface area (Å²) >= 11 is 5.87. The molecule has 2 aromatic carbocycles. The van der Waals surface area contributed by atoms with Crippen LogP contribution in [0.1, 0.15) is 32.7 Å². The Morgan fingerprint density at radius 2 is 1.73 bits per heavy atom. The number of rotatable bonds is 7. The van der Waals surface area contributed by atoms with Crippen LogP contribution in [0.5, 0.6) is 0 Å². The second-order valence-electron chi connectivity index (χ2n) is 7.60. The number of benzene rings is 2. The maximum Gasteiger partial charge on any atom is 0.269 e. The van der Waals surface area contributed by atoms with Gasteiger partial charge in [0.2, 0.25) is 5.91 Å². The molecule has 0 aliphatic heterocycles. The number of hydrogen-bond donors (Lipinski definition) is 2. The summed E-state index contributed by atoms with van der Waals surface area (Å²) in [6.07, 6.45) is 0.683. The predicted molar refractivity (Wildman–Crippen MR) is 127 cm³/mol. The summed E-state index contributed by atoms with van der Waals surface area (Å²) in [5, 5.41) is 15.4. The SMILES string of the molecule is Cc1cc(C)n(CC(=O)Nc2ccc(C(=O)NCCc3ccc(Cl)cc3)cc2)c(=O)c1C#N. The Bertz CT molecular complexity index is 1270. The number of carbonyl (C=O) groups is 2. The molecular weight excluding hydrogens is 440 g/mol. The highest BCUT2D eigenvalue weighted by Crippen LogP contribution is 2.12. The quantitative estimate of drug-likeness (QED) is 0.559. The molecule has 168 valence electrons. The monoisotopic (exact) mass is 462 g/mol. The minimum atomic E-state index is -0.490. The smallest absolute Gasteiger partial charge is 0.269 e. The van der Waals surface area contributed by atoms with Gasteiger partial charge in [-0.25, -0.2) is 0 Å². The van der Waals surface area contributed by atoms with E-state index in [9.17, 15) is 19.6 Å². The first-order valence-corrected chi connectivity index (χ1v) is 10.7. The third-order valence-electron chi connectivity index (χ3n) is 5.16. The molecule has 3 aromatic rings. The highest BCUT2D eigenvalue weighted by atomic mass is 35.5. The van der Waals surface area contributed by atoms with Gasteiger partial charge in [-0.1, -0.05) is 23.7 Å². The molecule has 33 heavy (non-hydrogen) atoms. The number of nitriles is 1. The average molecular weight is 463 g/mol. The first kappa shape index (κ1) is 23.8. The lowest BCUT2D eigenvalue weighted by molar-refractivity contribution is -0.116. The van der Waals surface area contributed by atoms with Gasteiger partial charge in [-0.15, -0.1) is 0 Å². The molecule has 0 fully saturated rings. The summed E-state index contributed by atoms with van der Waals surface area (Å²) in [6, 6.07) is 17.5. The van der Waals surface area contributed by atoms with E-state index in [0.717, 1.165) is 5.56 Å². The van der Waals surface area contributed by atoms with Crippen LogP contribution in [-0.4, -0.2) is 22.9 Å². The molecule has 0 bridgehead atoms. The van der Waals surface area contributed by atoms with Gasteiger partial charge >= 0.3 is 0 Å². The number of aromatic nitrogens is 1. The van der Waals surface area contributed by atoms with Crippen molar-refractivity contribution >= 4 is 29.1 Å². The van der Waals surface area contributed by atoms with Crippen LogP contribution in [-0.2, 0) is 17.8 Å². The van der Waals surface area contributed by atoms with Crippen LogP contribution in [0.3, 0.4) is 0 Å². The van der Waals surface area contributed by atoms with Crippen LogP contribution in [0.4, 0.5) is 5.69 Å². The first-order valence-electron chi connectivity index (χ1n) is 10.3. The highest BCUT2D eigenvalue weighted by molar-refractivity contribution is 6.30. The zero-order valence-electron chi connectivity index (χ0n) is 18.3. The van der Waals surface area contributed by atoms with E-state index in [2.05, 4.69) is 10.6 Å². The lowest BCUT2D eigenvalue weighted by Crippen LogP contribution is -2.31. The zero-order chi connectivity index (χ0) is 24.0. The first-order chi connectivity index (χ1) is 15.8. The predicted octanol–water partition coefficient (Wildman–Crippen LogP) is 3.60. The molecule has 1 aromatic heterocycles. The number of halogens is 1. The molecule has 2 N–H and O–H groups in total. The normalized spacial score (nSPS) is 10.4. The van der Waals surface area contributed by atoms with E-state index in [0.29, 0.717) is 40.5 Å². The van der Waals surface area contributed by atoms with Gasteiger partial charge < -0.3 is 15.2 Å². The molecule has 2 amide bonds. The molecule has 0 saturated heterocycles. The number of aryl methyl sites for hydroxylation is 2. The van der Waals surface area contributed by atoms with Crippen molar-refractivity contribution in [1.82, 2.24) is 9.88 Å². The Morgan fingerprint density at radius 1 is 1.06 bits per heavy atom. The maximum absolute atomic E-state index is 12.5. The molecule has 7 nitrogen and oxygen atoms in total. The fraction of sp³-hybridized carbons (Fsp3) is 0.200. The fourth-order valence-corrected chi connectivity index (χ4v) is 3.51. The van der Waals surface area contributed by atoms with Gasteiger partial charge in [0.05, 0.1) is 0 Å². The minimum Gasteiger partial charge on any atom is -0.352 e. The molecule has 8 heteroatoms. The molecule has 0 spiro atoms. The summed E-state index contributed by atoms with van der Waals surface area (Å²) in [6.45, 7) is 3.66. The van der Waals surface area contributed by atoms with Gasteiger partial charge in [0, 0.05) is 28.5 Å². The molecular formula is C25H23ClN4O3. The van der Waals surface area contributed by atoms with Gasteiger partial charge in [0.25, 0.3) is 11.5 Å². The van der Waals surface area contributed by atoms with Gasteiger partial charge in [-0.2, -0.15) is 5.26 Å². The van der Waals surface area contributed by atoms with Crippen LogP contribution in [0.25, 0.3) is 0 Å². The minimum absolute atomic E-state index is 0.0276. The molecule has 0 atom stereocenters. The Balaban J connectivity index is 1.56. The fourth-order valence-electron chi connectivity index (χ4n) is 3.38. The number of nitrogens with zero attached hydrogens (tertiary/aromatic N) is 2. The van der Waals surface area contributed by atoms with Crippen molar-refractivity contribution in [2.24, 2.45) is 0 Å². The largest absolute Gasteiger partial charge is 0.352 e. The summed E-state index contributed by atoms with van der Waals surface area (Å²) in [7, 11) is 0. The molecule has 0 aliphatic rings.